The SMILES string of the molecule is CCS(=O)(=O)c1ccc2c(c1)nc(CC(C)(C)C)n2CC1(O)CCOCC1. The van der Waals surface area contributed by atoms with Gasteiger partial charge in [0, 0.05) is 32.5 Å². The number of rotatable bonds is 5. The molecule has 7 heteroatoms. The van der Waals surface area contributed by atoms with Crippen LogP contribution in [0.2, 0.25) is 0 Å². The molecule has 0 aliphatic carbocycles. The fourth-order valence-electron chi connectivity index (χ4n) is 3.51. The summed E-state index contributed by atoms with van der Waals surface area (Å²) in [6, 6.07) is 5.12. The summed E-state index contributed by atoms with van der Waals surface area (Å²) in [5, 5.41) is 11.0. The number of hydrogen-bond donors (Lipinski definition) is 1. The van der Waals surface area contributed by atoms with Crippen LogP contribution in [0.4, 0.5) is 0 Å². The van der Waals surface area contributed by atoms with Crippen molar-refractivity contribution in [3.8, 4) is 0 Å². The van der Waals surface area contributed by atoms with Gasteiger partial charge in [-0.2, -0.15) is 0 Å². The number of fused-ring (bicyclic) bond motifs is 1. The Balaban J connectivity index is 2.09. The van der Waals surface area contributed by atoms with Crippen molar-refractivity contribution >= 4 is 20.9 Å². The molecule has 1 aliphatic rings. The number of ether oxygens (including phenoxy) is 1. The fourth-order valence-corrected chi connectivity index (χ4v) is 4.41. The Labute approximate surface area is 161 Å². The van der Waals surface area contributed by atoms with Crippen molar-refractivity contribution in [3.63, 3.8) is 0 Å². The van der Waals surface area contributed by atoms with E-state index < -0.39 is 15.4 Å². The van der Waals surface area contributed by atoms with Crippen LogP contribution in [0.15, 0.2) is 23.1 Å². The van der Waals surface area contributed by atoms with E-state index in [-0.39, 0.29) is 11.2 Å². The third-order valence-electron chi connectivity index (χ3n) is 5.10. The van der Waals surface area contributed by atoms with Gasteiger partial charge in [-0.25, -0.2) is 13.4 Å². The smallest absolute Gasteiger partial charge is 0.178 e. The molecular weight excluding hydrogens is 364 g/mol. The van der Waals surface area contributed by atoms with E-state index in [9.17, 15) is 13.5 Å². The summed E-state index contributed by atoms with van der Waals surface area (Å²) in [5.74, 6) is 0.942. The normalized spacial score (nSPS) is 18.1. The lowest BCUT2D eigenvalue weighted by atomic mass is 9.91. The average molecular weight is 395 g/mol. The minimum absolute atomic E-state index is 0.0236. The lowest BCUT2D eigenvalue weighted by molar-refractivity contribution is -0.0727. The van der Waals surface area contributed by atoms with Gasteiger partial charge in [0.05, 0.1) is 33.8 Å². The second kappa shape index (κ2) is 7.18. The molecule has 2 aromatic rings. The lowest BCUT2D eigenvalue weighted by Crippen LogP contribution is -2.40. The maximum atomic E-state index is 12.2. The molecule has 0 unspecified atom stereocenters. The molecule has 27 heavy (non-hydrogen) atoms. The predicted molar refractivity (Wildman–Crippen MR) is 106 cm³/mol. The molecule has 150 valence electrons. The summed E-state index contributed by atoms with van der Waals surface area (Å²) in [4.78, 5) is 5.06. The monoisotopic (exact) mass is 394 g/mol. The van der Waals surface area contributed by atoms with Crippen LogP contribution in [-0.2, 0) is 27.5 Å². The van der Waals surface area contributed by atoms with Crippen LogP contribution in [0.3, 0.4) is 0 Å². The van der Waals surface area contributed by atoms with Gasteiger partial charge in [0.2, 0.25) is 0 Å². The molecular formula is C20H30N2O4S. The maximum absolute atomic E-state index is 12.2. The Morgan fingerprint density at radius 1 is 1.26 bits per heavy atom. The van der Waals surface area contributed by atoms with Crippen molar-refractivity contribution in [1.29, 1.82) is 0 Å². The van der Waals surface area contributed by atoms with Crippen molar-refractivity contribution in [2.75, 3.05) is 19.0 Å². The Kier molecular flexibility index (Phi) is 5.40. The van der Waals surface area contributed by atoms with Crippen LogP contribution < -0.4 is 0 Å². The average Bonchev–Trinajstić information content (AvgIpc) is 2.89. The predicted octanol–water partition coefficient (Wildman–Crippen LogP) is 2.96. The number of aromatic nitrogens is 2. The van der Waals surface area contributed by atoms with Gasteiger partial charge in [-0.3, -0.25) is 0 Å². The molecule has 0 atom stereocenters. The first-order valence-corrected chi connectivity index (χ1v) is 11.2. The molecule has 1 saturated heterocycles. The van der Waals surface area contributed by atoms with Gasteiger partial charge < -0.3 is 14.4 Å². The summed E-state index contributed by atoms with van der Waals surface area (Å²) in [5.41, 5.74) is 0.728. The molecule has 1 N–H and O–H groups in total. The summed E-state index contributed by atoms with van der Waals surface area (Å²) >= 11 is 0. The fraction of sp³-hybridized carbons (Fsp3) is 0.650. The first kappa shape index (κ1) is 20.3. The first-order valence-electron chi connectivity index (χ1n) is 9.55. The van der Waals surface area contributed by atoms with E-state index in [1.807, 2.05) is 6.07 Å². The van der Waals surface area contributed by atoms with Crippen molar-refractivity contribution in [2.45, 2.75) is 64.0 Å². The van der Waals surface area contributed by atoms with E-state index >= 15 is 0 Å². The molecule has 1 fully saturated rings. The third kappa shape index (κ3) is 4.52. The highest BCUT2D eigenvalue weighted by Crippen LogP contribution is 2.30. The van der Waals surface area contributed by atoms with E-state index in [0.29, 0.717) is 43.0 Å². The Hall–Kier alpha value is -1.44. The molecule has 2 heterocycles. The van der Waals surface area contributed by atoms with Crippen LogP contribution >= 0.6 is 0 Å². The minimum atomic E-state index is -3.28. The van der Waals surface area contributed by atoms with Crippen molar-refractivity contribution in [2.24, 2.45) is 5.41 Å². The molecule has 0 radical (unpaired) electrons. The lowest BCUT2D eigenvalue weighted by Gasteiger charge is -2.33. The summed E-state index contributed by atoms with van der Waals surface area (Å²) < 4.78 is 31.9. The summed E-state index contributed by atoms with van der Waals surface area (Å²) in [7, 11) is -3.28. The van der Waals surface area contributed by atoms with Gasteiger partial charge in [0.25, 0.3) is 0 Å². The van der Waals surface area contributed by atoms with Crippen LogP contribution in [0.1, 0.15) is 46.4 Å². The zero-order chi connectivity index (χ0) is 19.9. The van der Waals surface area contributed by atoms with E-state index in [4.69, 9.17) is 9.72 Å². The van der Waals surface area contributed by atoms with Gasteiger partial charge in [-0.15, -0.1) is 0 Å². The minimum Gasteiger partial charge on any atom is -0.388 e. The number of nitrogens with zero attached hydrogens (tertiary/aromatic N) is 2. The third-order valence-corrected chi connectivity index (χ3v) is 6.83. The van der Waals surface area contributed by atoms with E-state index in [0.717, 1.165) is 17.8 Å². The van der Waals surface area contributed by atoms with Crippen LogP contribution in [0.25, 0.3) is 11.0 Å². The van der Waals surface area contributed by atoms with Crippen LogP contribution in [0.5, 0.6) is 0 Å². The van der Waals surface area contributed by atoms with Crippen LogP contribution in [-0.4, -0.2) is 47.6 Å². The van der Waals surface area contributed by atoms with E-state index in [1.165, 1.54) is 0 Å². The van der Waals surface area contributed by atoms with Crippen molar-refractivity contribution in [1.82, 2.24) is 9.55 Å². The highest BCUT2D eigenvalue weighted by Gasteiger charge is 2.32. The maximum Gasteiger partial charge on any atom is 0.178 e. The molecule has 0 bridgehead atoms. The van der Waals surface area contributed by atoms with Gasteiger partial charge in [-0.05, 0) is 23.6 Å². The standard InChI is InChI=1S/C20H30N2O4S/c1-5-27(24,25)15-6-7-17-16(12-15)21-18(13-19(2,3)4)22(17)14-20(23)8-10-26-11-9-20/h6-7,12,23H,5,8-11,13-14H2,1-4H3. The molecule has 3 rings (SSSR count). The molecule has 0 saturated carbocycles. The highest BCUT2D eigenvalue weighted by molar-refractivity contribution is 7.91. The molecule has 6 nitrogen and oxygen atoms in total. The van der Waals surface area contributed by atoms with Crippen molar-refractivity contribution in [3.05, 3.63) is 24.0 Å². The molecule has 0 amide bonds. The molecule has 1 aliphatic heterocycles. The highest BCUT2D eigenvalue weighted by atomic mass is 32.2. The number of sulfone groups is 1. The number of benzene rings is 1. The molecule has 1 aromatic heterocycles. The van der Waals surface area contributed by atoms with Gasteiger partial charge >= 0.3 is 0 Å². The zero-order valence-corrected chi connectivity index (χ0v) is 17.5. The first-order chi connectivity index (χ1) is 12.5. The largest absolute Gasteiger partial charge is 0.388 e. The summed E-state index contributed by atoms with van der Waals surface area (Å²) in [6.07, 6.45) is 1.91. The molecule has 0 spiro atoms. The number of imidazole rings is 1. The Bertz CT molecular complexity index is 919. The Morgan fingerprint density at radius 2 is 1.93 bits per heavy atom. The summed E-state index contributed by atoms with van der Waals surface area (Å²) in [6.45, 7) is 9.63. The topological polar surface area (TPSA) is 81.4 Å². The second-order valence-electron chi connectivity index (χ2n) is 8.74. The van der Waals surface area contributed by atoms with E-state index in [2.05, 4.69) is 25.3 Å². The number of hydrogen-bond acceptors (Lipinski definition) is 5. The van der Waals surface area contributed by atoms with Gasteiger partial charge in [-0.1, -0.05) is 27.7 Å². The van der Waals surface area contributed by atoms with Gasteiger partial charge in [0.1, 0.15) is 5.82 Å². The van der Waals surface area contributed by atoms with Gasteiger partial charge in [0.15, 0.2) is 9.84 Å². The van der Waals surface area contributed by atoms with Crippen molar-refractivity contribution < 1.29 is 18.3 Å². The second-order valence-corrected chi connectivity index (χ2v) is 11.0. The number of aliphatic hydroxyl groups is 1. The quantitative estimate of drug-likeness (QED) is 0.843. The zero-order valence-electron chi connectivity index (χ0n) is 16.7. The Morgan fingerprint density at radius 3 is 2.52 bits per heavy atom. The van der Waals surface area contributed by atoms with E-state index in [1.54, 1.807) is 19.1 Å². The molecule has 1 aromatic carbocycles. The van der Waals surface area contributed by atoms with Crippen LogP contribution in [0, 0.1) is 5.41 Å².